The molecule has 0 unspecified atom stereocenters. The summed E-state index contributed by atoms with van der Waals surface area (Å²) in [5.74, 6) is 0.532. The molecule has 0 aliphatic rings. The number of tetrazole rings is 1. The Hall–Kier alpha value is -3.79. The fourth-order valence-electron chi connectivity index (χ4n) is 4.49. The Balaban J connectivity index is 1.49. The highest BCUT2D eigenvalue weighted by Crippen LogP contribution is 2.32. The molecule has 0 atom stereocenters. The van der Waals surface area contributed by atoms with Crippen LogP contribution in [0, 0.1) is 0 Å². The van der Waals surface area contributed by atoms with E-state index in [9.17, 15) is 4.79 Å². The minimum atomic E-state index is -0.125. The van der Waals surface area contributed by atoms with Gasteiger partial charge in [0.15, 0.2) is 0 Å². The van der Waals surface area contributed by atoms with Crippen LogP contribution >= 0.6 is 15.9 Å². The van der Waals surface area contributed by atoms with E-state index in [1.54, 1.807) is 0 Å². The van der Waals surface area contributed by atoms with E-state index in [1.807, 2.05) is 59.4 Å². The van der Waals surface area contributed by atoms with Crippen molar-refractivity contribution < 1.29 is 0 Å². The van der Waals surface area contributed by atoms with Gasteiger partial charge in [0.05, 0.1) is 23.6 Å². The fourth-order valence-corrected chi connectivity index (χ4v) is 5.03. The normalized spacial score (nSPS) is 11.3. The molecule has 0 radical (unpaired) electrons. The summed E-state index contributed by atoms with van der Waals surface area (Å²) in [5, 5.41) is 14.4. The van der Waals surface area contributed by atoms with E-state index in [1.165, 1.54) is 0 Å². The summed E-state index contributed by atoms with van der Waals surface area (Å²) in [7, 11) is 0. The third-order valence-corrected chi connectivity index (χ3v) is 6.96. The van der Waals surface area contributed by atoms with Gasteiger partial charge in [-0.15, -0.1) is 10.2 Å². The van der Waals surface area contributed by atoms with Gasteiger partial charge in [-0.2, -0.15) is 5.21 Å². The zero-order valence-electron chi connectivity index (χ0n) is 20.2. The number of aromatic nitrogens is 8. The van der Waals surface area contributed by atoms with Crippen molar-refractivity contribution in [1.82, 2.24) is 39.7 Å². The lowest BCUT2D eigenvalue weighted by Crippen LogP contribution is -2.20. The third kappa shape index (κ3) is 4.56. The van der Waals surface area contributed by atoms with Gasteiger partial charge in [0, 0.05) is 40.2 Å². The number of nitrogens with zero attached hydrogens (tertiary/aromatic N) is 6. The summed E-state index contributed by atoms with van der Waals surface area (Å²) in [5.41, 5.74) is 6.35. The highest BCUT2D eigenvalue weighted by Gasteiger charge is 2.20. The molecule has 36 heavy (non-hydrogen) atoms. The summed E-state index contributed by atoms with van der Waals surface area (Å²) in [6, 6.07) is 13.9. The number of pyridine rings is 1. The first-order valence-corrected chi connectivity index (χ1v) is 12.8. The molecule has 9 nitrogen and oxygen atoms in total. The van der Waals surface area contributed by atoms with Crippen LogP contribution in [0.15, 0.2) is 64.1 Å². The van der Waals surface area contributed by atoms with Crippen molar-refractivity contribution in [2.45, 2.75) is 46.2 Å². The first-order valence-electron chi connectivity index (χ1n) is 12.1. The number of hydrogen-bond donors (Lipinski definition) is 2. The van der Waals surface area contributed by atoms with E-state index in [2.05, 4.69) is 60.0 Å². The number of imidazole rings is 1. The van der Waals surface area contributed by atoms with Gasteiger partial charge in [0.1, 0.15) is 0 Å². The SMILES string of the molecule is CCCCc1c(-c2c(Br)ccn2CC)[nH]c(=O)n1Cc1ccc(-c2ccccc2-c2nn[nH]n2)cn1. The third-order valence-electron chi connectivity index (χ3n) is 6.32. The Labute approximate surface area is 216 Å². The highest BCUT2D eigenvalue weighted by atomic mass is 79.9. The summed E-state index contributed by atoms with van der Waals surface area (Å²) >= 11 is 3.67. The van der Waals surface area contributed by atoms with E-state index in [0.717, 1.165) is 69.7 Å². The van der Waals surface area contributed by atoms with Crippen LogP contribution in [0.4, 0.5) is 0 Å². The van der Waals surface area contributed by atoms with Crippen molar-refractivity contribution >= 4 is 15.9 Å². The maximum atomic E-state index is 13.1. The smallest absolute Gasteiger partial charge is 0.326 e. The summed E-state index contributed by atoms with van der Waals surface area (Å²) in [4.78, 5) is 21.0. The standard InChI is InChI=1S/C26H27BrN8O/c1-3-5-10-22-23(24-21(27)13-14-34(24)4-2)29-26(36)35(22)16-18-12-11-17(15-28-18)19-8-6-7-9-20(19)25-30-32-33-31-25/h6-9,11-15H,3-5,10,16H2,1-2H3,(H,29,36)(H,30,31,32,33). The van der Waals surface area contributed by atoms with Gasteiger partial charge in [-0.1, -0.05) is 43.7 Å². The summed E-state index contributed by atoms with van der Waals surface area (Å²) < 4.78 is 4.93. The van der Waals surface area contributed by atoms with Gasteiger partial charge in [-0.05, 0) is 58.6 Å². The topological polar surface area (TPSA) is 110 Å². The van der Waals surface area contributed by atoms with Crippen LogP contribution in [-0.2, 0) is 19.5 Å². The Kier molecular flexibility index (Phi) is 6.95. The largest absolute Gasteiger partial charge is 0.346 e. The molecule has 184 valence electrons. The number of nitrogens with one attached hydrogen (secondary N) is 2. The number of aromatic amines is 2. The maximum Gasteiger partial charge on any atom is 0.326 e. The number of rotatable bonds is 9. The van der Waals surface area contributed by atoms with Gasteiger partial charge in [-0.25, -0.2) is 4.79 Å². The van der Waals surface area contributed by atoms with Gasteiger partial charge in [0.25, 0.3) is 0 Å². The van der Waals surface area contributed by atoms with Crippen molar-refractivity contribution in [2.24, 2.45) is 0 Å². The molecule has 0 aliphatic carbocycles. The van der Waals surface area contributed by atoms with E-state index in [0.29, 0.717) is 12.4 Å². The first-order chi connectivity index (χ1) is 17.6. The maximum absolute atomic E-state index is 13.1. The molecule has 5 rings (SSSR count). The molecule has 0 amide bonds. The second-order valence-corrected chi connectivity index (χ2v) is 9.41. The second kappa shape index (κ2) is 10.4. The zero-order valence-corrected chi connectivity index (χ0v) is 21.8. The van der Waals surface area contributed by atoms with E-state index in [-0.39, 0.29) is 5.69 Å². The molecule has 4 aromatic heterocycles. The van der Waals surface area contributed by atoms with Crippen molar-refractivity contribution in [3.05, 3.63) is 81.2 Å². The van der Waals surface area contributed by atoms with Crippen LogP contribution < -0.4 is 5.69 Å². The van der Waals surface area contributed by atoms with Crippen LogP contribution in [-0.4, -0.2) is 39.7 Å². The fraction of sp³-hybridized carbons (Fsp3) is 0.269. The molecular formula is C26H27BrN8O. The lowest BCUT2D eigenvalue weighted by atomic mass is 10.0. The molecular weight excluding hydrogens is 520 g/mol. The van der Waals surface area contributed by atoms with Gasteiger partial charge < -0.3 is 9.55 Å². The predicted octanol–water partition coefficient (Wildman–Crippen LogP) is 5.06. The average molecular weight is 547 g/mol. The van der Waals surface area contributed by atoms with Gasteiger partial charge >= 0.3 is 5.69 Å². The van der Waals surface area contributed by atoms with Crippen LogP contribution in [0.2, 0.25) is 0 Å². The van der Waals surface area contributed by atoms with Crippen LogP contribution in [0.5, 0.6) is 0 Å². The minimum Gasteiger partial charge on any atom is -0.346 e. The molecule has 0 fully saturated rings. The summed E-state index contributed by atoms with van der Waals surface area (Å²) in [6.07, 6.45) is 6.71. The molecule has 4 heterocycles. The Morgan fingerprint density at radius 1 is 1.06 bits per heavy atom. The zero-order chi connectivity index (χ0) is 25.1. The monoisotopic (exact) mass is 546 g/mol. The molecule has 0 saturated carbocycles. The lowest BCUT2D eigenvalue weighted by Gasteiger charge is -2.12. The van der Waals surface area contributed by atoms with Crippen molar-refractivity contribution in [1.29, 1.82) is 0 Å². The molecule has 0 aliphatic heterocycles. The number of hydrogen-bond acceptors (Lipinski definition) is 5. The highest BCUT2D eigenvalue weighted by molar-refractivity contribution is 9.10. The van der Waals surface area contributed by atoms with Crippen molar-refractivity contribution in [3.8, 4) is 33.9 Å². The van der Waals surface area contributed by atoms with Gasteiger partial charge in [0.2, 0.25) is 5.82 Å². The molecule has 10 heteroatoms. The molecule has 1 aromatic carbocycles. The number of halogens is 1. The predicted molar refractivity (Wildman–Crippen MR) is 142 cm³/mol. The number of H-pyrrole nitrogens is 2. The van der Waals surface area contributed by atoms with Crippen molar-refractivity contribution in [2.75, 3.05) is 0 Å². The number of aryl methyl sites for hydroxylation is 1. The van der Waals surface area contributed by atoms with Crippen molar-refractivity contribution in [3.63, 3.8) is 0 Å². The lowest BCUT2D eigenvalue weighted by molar-refractivity contribution is 0.669. The Bertz CT molecular complexity index is 1510. The van der Waals surface area contributed by atoms with Crippen LogP contribution in [0.3, 0.4) is 0 Å². The van der Waals surface area contributed by atoms with E-state index >= 15 is 0 Å². The van der Waals surface area contributed by atoms with E-state index < -0.39 is 0 Å². The summed E-state index contributed by atoms with van der Waals surface area (Å²) in [6.45, 7) is 5.46. The Morgan fingerprint density at radius 2 is 1.89 bits per heavy atom. The second-order valence-electron chi connectivity index (χ2n) is 8.56. The average Bonchev–Trinajstić information content (AvgIpc) is 3.63. The molecule has 0 bridgehead atoms. The minimum absolute atomic E-state index is 0.125. The molecule has 0 spiro atoms. The number of benzene rings is 1. The van der Waals surface area contributed by atoms with Crippen LogP contribution in [0.25, 0.3) is 33.9 Å². The van der Waals surface area contributed by atoms with E-state index in [4.69, 9.17) is 4.98 Å². The first kappa shape index (κ1) is 23.9. The molecule has 0 saturated heterocycles. The molecule has 5 aromatic rings. The Morgan fingerprint density at radius 3 is 2.58 bits per heavy atom. The van der Waals surface area contributed by atoms with Gasteiger partial charge in [-0.3, -0.25) is 9.55 Å². The molecule has 2 N–H and O–H groups in total. The number of unbranched alkanes of at least 4 members (excludes halogenated alkanes) is 1. The quantitative estimate of drug-likeness (QED) is 0.268. The van der Waals surface area contributed by atoms with Crippen LogP contribution in [0.1, 0.15) is 38.1 Å².